The van der Waals surface area contributed by atoms with Crippen molar-refractivity contribution in [2.24, 2.45) is 0 Å². The van der Waals surface area contributed by atoms with Crippen molar-refractivity contribution in [3.8, 4) is 11.1 Å². The molecule has 0 unspecified atom stereocenters. The predicted molar refractivity (Wildman–Crippen MR) is 155 cm³/mol. The van der Waals surface area contributed by atoms with E-state index in [0.29, 0.717) is 0 Å². The van der Waals surface area contributed by atoms with Crippen LogP contribution in [0.4, 0.5) is 0 Å². The van der Waals surface area contributed by atoms with Crippen molar-refractivity contribution in [1.82, 2.24) is 0 Å². The minimum atomic E-state index is 0. The van der Waals surface area contributed by atoms with Gasteiger partial charge in [0.2, 0.25) is 0 Å². The Balaban J connectivity index is 0.00000185. The number of pyridine rings is 2. The van der Waals surface area contributed by atoms with Crippen LogP contribution in [0.3, 0.4) is 0 Å². The van der Waals surface area contributed by atoms with E-state index >= 15 is 0 Å². The zero-order valence-electron chi connectivity index (χ0n) is 23.6. The summed E-state index contributed by atoms with van der Waals surface area (Å²) in [7, 11) is 0. The maximum Gasteiger partial charge on any atom is 0.184 e. The smallest absolute Gasteiger partial charge is 0.184 e. The molecule has 0 N–H and O–H groups in total. The van der Waals surface area contributed by atoms with E-state index in [9.17, 15) is 0 Å². The molecule has 0 saturated heterocycles. The average Bonchev–Trinajstić information content (AvgIpc) is 2.98. The second-order valence-corrected chi connectivity index (χ2v) is 11.4. The Kier molecular flexibility index (Phi) is 11.6. The molecule has 2 aliphatic rings. The van der Waals surface area contributed by atoms with E-state index in [0.717, 1.165) is 25.9 Å². The minimum Gasteiger partial charge on any atom is -1.00 e. The lowest BCUT2D eigenvalue weighted by atomic mass is 9.95. The third-order valence-corrected chi connectivity index (χ3v) is 8.75. The van der Waals surface area contributed by atoms with Crippen molar-refractivity contribution < 1.29 is 43.1 Å². The summed E-state index contributed by atoms with van der Waals surface area (Å²) < 4.78 is 5.02. The van der Waals surface area contributed by atoms with Gasteiger partial charge in [-0.15, -0.1) is 0 Å². The number of rotatable bonds is 9. The standard InChI is InChI=1S/C36H42N2.2BrH/c1-3-15-35-33(11-1)13-7-27-37(35)25-5-9-29-17-21-31(22-18-29)32-23-19-30(20-24-32)10-6-26-38-28-8-14-34-12-2-4-16-36(34)38;;/h7-8,13-14,17-24,27-28H,1-6,9-12,15-16,25-26H2;2*1H/q+2;;/p-2. The van der Waals surface area contributed by atoms with Gasteiger partial charge >= 0.3 is 0 Å². The van der Waals surface area contributed by atoms with E-state index in [4.69, 9.17) is 0 Å². The van der Waals surface area contributed by atoms with Gasteiger partial charge in [-0.05, 0) is 85.8 Å². The Morgan fingerprint density at radius 3 is 1.30 bits per heavy atom. The Morgan fingerprint density at radius 2 is 0.875 bits per heavy atom. The SMILES string of the molecule is [Br-].[Br-].c1cc2c([n+](CCCc3ccc(-c4ccc(CCC[n+]5cccc6c5CCCC6)cc4)cc3)c1)CCCC2. The summed E-state index contributed by atoms with van der Waals surface area (Å²) in [6.45, 7) is 2.25. The summed E-state index contributed by atoms with van der Waals surface area (Å²) in [6.07, 6.45) is 19.6. The highest BCUT2D eigenvalue weighted by atomic mass is 79.9. The van der Waals surface area contributed by atoms with Gasteiger partial charge in [0, 0.05) is 48.9 Å². The highest BCUT2D eigenvalue weighted by molar-refractivity contribution is 5.64. The lowest BCUT2D eigenvalue weighted by Gasteiger charge is -2.14. The Bertz CT molecular complexity index is 1260. The maximum atomic E-state index is 2.51. The zero-order chi connectivity index (χ0) is 25.6. The monoisotopic (exact) mass is 660 g/mol. The van der Waals surface area contributed by atoms with Gasteiger partial charge in [-0.25, -0.2) is 9.13 Å². The first-order chi connectivity index (χ1) is 18.8. The van der Waals surface area contributed by atoms with E-state index < -0.39 is 0 Å². The van der Waals surface area contributed by atoms with Crippen molar-refractivity contribution in [3.63, 3.8) is 0 Å². The number of nitrogens with zero attached hydrogens (tertiary/aromatic N) is 2. The molecule has 0 fully saturated rings. The lowest BCUT2D eigenvalue weighted by Crippen LogP contribution is -3.00. The molecule has 6 rings (SSSR count). The summed E-state index contributed by atoms with van der Waals surface area (Å²) >= 11 is 0. The second-order valence-electron chi connectivity index (χ2n) is 11.4. The van der Waals surface area contributed by atoms with Crippen molar-refractivity contribution >= 4 is 0 Å². The van der Waals surface area contributed by atoms with Gasteiger partial charge in [0.25, 0.3) is 0 Å². The molecule has 2 aliphatic carbocycles. The molecule has 0 bridgehead atoms. The highest BCUT2D eigenvalue weighted by Crippen LogP contribution is 2.22. The van der Waals surface area contributed by atoms with Crippen LogP contribution in [0.25, 0.3) is 11.1 Å². The van der Waals surface area contributed by atoms with Crippen molar-refractivity contribution in [3.05, 3.63) is 119 Å². The minimum absolute atomic E-state index is 0. The van der Waals surface area contributed by atoms with Gasteiger partial charge in [-0.2, -0.15) is 0 Å². The van der Waals surface area contributed by atoms with Gasteiger partial charge in [-0.3, -0.25) is 0 Å². The molecule has 4 aromatic rings. The van der Waals surface area contributed by atoms with E-state index in [1.165, 1.54) is 86.5 Å². The predicted octanol–water partition coefficient (Wildman–Crippen LogP) is 0.960. The topological polar surface area (TPSA) is 7.76 Å². The Hall–Kier alpha value is -2.30. The third-order valence-electron chi connectivity index (χ3n) is 8.75. The number of benzene rings is 2. The second kappa shape index (κ2) is 15.1. The van der Waals surface area contributed by atoms with Crippen molar-refractivity contribution in [2.45, 2.75) is 90.1 Å². The van der Waals surface area contributed by atoms with E-state index in [-0.39, 0.29) is 34.0 Å². The zero-order valence-corrected chi connectivity index (χ0v) is 26.8. The summed E-state index contributed by atoms with van der Waals surface area (Å²) in [5, 5.41) is 0. The van der Waals surface area contributed by atoms with Crippen LogP contribution in [0, 0.1) is 0 Å². The maximum absolute atomic E-state index is 2.51. The normalized spacial score (nSPS) is 13.9. The van der Waals surface area contributed by atoms with Crippen LogP contribution in [0.1, 0.15) is 72.2 Å². The molecule has 210 valence electrons. The van der Waals surface area contributed by atoms with Crippen LogP contribution in [-0.4, -0.2) is 0 Å². The molecular weight excluding hydrogens is 620 g/mol. The van der Waals surface area contributed by atoms with Crippen LogP contribution >= 0.6 is 0 Å². The van der Waals surface area contributed by atoms with Gasteiger partial charge in [0.15, 0.2) is 23.8 Å². The molecule has 0 amide bonds. The van der Waals surface area contributed by atoms with Gasteiger partial charge < -0.3 is 34.0 Å². The summed E-state index contributed by atoms with van der Waals surface area (Å²) in [6, 6.07) is 27.6. The molecule has 2 nitrogen and oxygen atoms in total. The van der Waals surface area contributed by atoms with Gasteiger partial charge in [0.1, 0.15) is 13.1 Å². The first kappa shape index (κ1) is 30.7. The van der Waals surface area contributed by atoms with Crippen LogP contribution in [0.15, 0.2) is 85.2 Å². The van der Waals surface area contributed by atoms with Crippen molar-refractivity contribution in [2.75, 3.05) is 0 Å². The molecule has 0 saturated carbocycles. The van der Waals surface area contributed by atoms with Crippen molar-refractivity contribution in [1.29, 1.82) is 0 Å². The van der Waals surface area contributed by atoms with Crippen LogP contribution in [-0.2, 0) is 51.6 Å². The largest absolute Gasteiger partial charge is 1.00 e. The number of aromatic nitrogens is 2. The fourth-order valence-corrected chi connectivity index (χ4v) is 6.60. The summed E-state index contributed by atoms with van der Waals surface area (Å²) in [5.74, 6) is 0. The average molecular weight is 663 g/mol. The molecule has 2 aromatic heterocycles. The van der Waals surface area contributed by atoms with Crippen LogP contribution < -0.4 is 43.1 Å². The van der Waals surface area contributed by atoms with Crippen LogP contribution in [0.5, 0.6) is 0 Å². The van der Waals surface area contributed by atoms with E-state index in [1.54, 1.807) is 22.5 Å². The molecule has 0 spiro atoms. The number of fused-ring (bicyclic) bond motifs is 2. The first-order valence-electron chi connectivity index (χ1n) is 15.0. The molecule has 40 heavy (non-hydrogen) atoms. The first-order valence-corrected chi connectivity index (χ1v) is 15.0. The lowest BCUT2D eigenvalue weighted by molar-refractivity contribution is -0.705. The van der Waals surface area contributed by atoms with E-state index in [2.05, 4.69) is 94.3 Å². The molecule has 4 heteroatoms. The third kappa shape index (κ3) is 7.50. The highest BCUT2D eigenvalue weighted by Gasteiger charge is 2.20. The number of aryl methyl sites for hydroxylation is 6. The number of halogens is 2. The number of hydrogen-bond donors (Lipinski definition) is 0. The van der Waals surface area contributed by atoms with Crippen LogP contribution in [0.2, 0.25) is 0 Å². The Morgan fingerprint density at radius 1 is 0.475 bits per heavy atom. The molecule has 0 atom stereocenters. The van der Waals surface area contributed by atoms with Gasteiger partial charge in [-0.1, -0.05) is 48.5 Å². The Labute approximate surface area is 262 Å². The summed E-state index contributed by atoms with van der Waals surface area (Å²) in [4.78, 5) is 0. The molecule has 0 radical (unpaired) electrons. The molecule has 2 aromatic carbocycles. The van der Waals surface area contributed by atoms with Gasteiger partial charge in [0.05, 0.1) is 0 Å². The number of hydrogen-bond acceptors (Lipinski definition) is 0. The summed E-state index contributed by atoms with van der Waals surface area (Å²) in [5.41, 5.74) is 11.8. The quantitative estimate of drug-likeness (QED) is 0.236. The fraction of sp³-hybridized carbons (Fsp3) is 0.389. The fourth-order valence-electron chi connectivity index (χ4n) is 6.60. The molecule has 2 heterocycles. The van der Waals surface area contributed by atoms with E-state index in [1.807, 2.05) is 0 Å². The molecule has 0 aliphatic heterocycles. The molecular formula is C36H42Br2N2.